The molecule has 0 bridgehead atoms. The van der Waals surface area contributed by atoms with Crippen molar-refractivity contribution in [1.82, 2.24) is 0 Å². The highest BCUT2D eigenvalue weighted by atomic mass is 16.5. The number of nitrogens with zero attached hydrogens (tertiary/aromatic N) is 4. The second-order valence-corrected chi connectivity index (χ2v) is 21.5. The molecule has 0 spiro atoms. The van der Waals surface area contributed by atoms with Crippen molar-refractivity contribution in [1.29, 1.82) is 0 Å². The lowest BCUT2D eigenvalue weighted by atomic mass is 9.30. The summed E-state index contributed by atoms with van der Waals surface area (Å²) >= 11 is 0. The van der Waals surface area contributed by atoms with E-state index in [1.54, 1.807) is 0 Å². The van der Waals surface area contributed by atoms with Crippen LogP contribution in [0, 0.1) is 0 Å². The van der Waals surface area contributed by atoms with Gasteiger partial charge >= 0.3 is 0 Å². The molecule has 0 aromatic heterocycles. The topological polar surface area (TPSA) is 31.4 Å². The highest BCUT2D eigenvalue weighted by Crippen LogP contribution is 2.52. The molecule has 0 aliphatic carbocycles. The molecule has 0 saturated heterocycles. The Morgan fingerprint density at radius 1 is 0.232 bits per heavy atom. The first-order valence-electron chi connectivity index (χ1n) is 28.1. The Hall–Kier alpha value is -10.7. The maximum atomic E-state index is 6.63. The van der Waals surface area contributed by atoms with Gasteiger partial charge in [-0.1, -0.05) is 152 Å². The first-order valence-corrected chi connectivity index (χ1v) is 28.1. The van der Waals surface area contributed by atoms with Gasteiger partial charge in [0.25, 0.3) is 13.4 Å². The summed E-state index contributed by atoms with van der Waals surface area (Å²) in [5, 5.41) is 4.47. The summed E-state index contributed by atoms with van der Waals surface area (Å²) in [7, 11) is 0. The molecule has 13 aromatic rings. The molecular weight excluding hydrogens is 998 g/mol. The summed E-state index contributed by atoms with van der Waals surface area (Å²) in [6.07, 6.45) is 0. The molecule has 0 fully saturated rings. The van der Waals surface area contributed by atoms with E-state index >= 15 is 0 Å². The van der Waals surface area contributed by atoms with Crippen LogP contribution >= 0.6 is 0 Å². The van der Waals surface area contributed by atoms with Crippen LogP contribution in [0.1, 0.15) is 0 Å². The normalized spacial score (nSPS) is 13.2. The summed E-state index contributed by atoms with van der Waals surface area (Å²) in [5.74, 6) is 3.15. The zero-order chi connectivity index (χ0) is 53.8. The van der Waals surface area contributed by atoms with Crippen LogP contribution in [-0.4, -0.2) is 13.4 Å². The minimum absolute atomic E-state index is 0.142. The Morgan fingerprint density at radius 2 is 0.573 bits per heavy atom. The molecule has 4 heterocycles. The van der Waals surface area contributed by atoms with Crippen LogP contribution in [0.15, 0.2) is 291 Å². The predicted molar refractivity (Wildman–Crippen MR) is 343 cm³/mol. The molecule has 0 atom stereocenters. The van der Waals surface area contributed by atoms with Gasteiger partial charge < -0.3 is 29.1 Å². The van der Waals surface area contributed by atoms with Crippen molar-refractivity contribution in [3.63, 3.8) is 0 Å². The van der Waals surface area contributed by atoms with Crippen LogP contribution in [0.4, 0.5) is 68.2 Å². The molecule has 382 valence electrons. The predicted octanol–water partition coefficient (Wildman–Crippen LogP) is 15.7. The molecule has 0 saturated carbocycles. The number of hydrogen-bond donors (Lipinski definition) is 0. The van der Waals surface area contributed by atoms with Crippen LogP contribution in [0.5, 0.6) is 23.0 Å². The van der Waals surface area contributed by atoms with Gasteiger partial charge in [-0.3, -0.25) is 0 Å². The summed E-state index contributed by atoms with van der Waals surface area (Å²) in [5.41, 5.74) is 21.1. The standard InChI is InChI=1S/C74H48B2N4O2/c1-7-23-51(24-8-1)77-67-48-68-64(47-63(67)75-61-35-19-21-37-65(61)79(53-27-11-3-12-28-53)73-59-41-39-57(81-55-31-15-5-16-32-55)43-49(59)45-69(77)71(73)75)76-62-36-20-22-38-66(62)80(54-29-13-4-14-30-54)74-60-42-40-58(82-56-33-17-6-18-34-56)44-50(60)46-70(72(74)76)78(68)52-25-9-2-10-26-52/h1-48H. The minimum Gasteiger partial charge on any atom is -0.457 e. The van der Waals surface area contributed by atoms with Gasteiger partial charge in [0.05, 0.1) is 11.4 Å². The third kappa shape index (κ3) is 7.11. The fraction of sp³-hybridized carbons (Fsp3) is 0. The Kier molecular flexibility index (Phi) is 10.4. The molecule has 0 N–H and O–H groups in total. The SMILES string of the molecule is c1ccc(Oc2ccc3c4c5c(cc3c2)N(c2ccccc2)c2cc3c(cc2B5c2ccccc2N4c2ccccc2)B2c4ccccc4N(c4ccccc4)c4c2c(cc2cc(Oc5ccccc5)ccc42)N3c2ccccc2)cc1. The van der Waals surface area contributed by atoms with Gasteiger partial charge in [0.1, 0.15) is 23.0 Å². The second kappa shape index (κ2) is 18.4. The van der Waals surface area contributed by atoms with E-state index in [4.69, 9.17) is 9.47 Å². The second-order valence-electron chi connectivity index (χ2n) is 21.5. The largest absolute Gasteiger partial charge is 0.457 e. The zero-order valence-electron chi connectivity index (χ0n) is 44.5. The van der Waals surface area contributed by atoms with E-state index in [1.807, 2.05) is 60.7 Å². The van der Waals surface area contributed by atoms with Gasteiger partial charge in [-0.25, -0.2) is 0 Å². The van der Waals surface area contributed by atoms with Crippen LogP contribution in [-0.2, 0) is 0 Å². The average Bonchev–Trinajstić information content (AvgIpc) is 1.30. The van der Waals surface area contributed by atoms with Crippen molar-refractivity contribution in [2.45, 2.75) is 0 Å². The molecule has 82 heavy (non-hydrogen) atoms. The van der Waals surface area contributed by atoms with Gasteiger partial charge in [0.2, 0.25) is 0 Å². The quantitative estimate of drug-likeness (QED) is 0.141. The molecule has 4 aliphatic heterocycles. The summed E-state index contributed by atoms with van der Waals surface area (Å²) < 4.78 is 13.3. The maximum Gasteiger partial charge on any atom is 0.252 e. The number of hydrogen-bond acceptors (Lipinski definition) is 6. The van der Waals surface area contributed by atoms with Gasteiger partial charge in [-0.05, 0) is 183 Å². The number of anilines is 12. The number of benzene rings is 13. The Bertz CT molecular complexity index is 4370. The molecule has 0 radical (unpaired) electrons. The van der Waals surface area contributed by atoms with Crippen molar-refractivity contribution in [3.05, 3.63) is 291 Å². The molecule has 4 aliphatic rings. The average molecular weight is 1050 g/mol. The molecule has 13 aromatic carbocycles. The van der Waals surface area contributed by atoms with E-state index in [-0.39, 0.29) is 13.4 Å². The smallest absolute Gasteiger partial charge is 0.252 e. The lowest BCUT2D eigenvalue weighted by molar-refractivity contribution is 0.483. The summed E-state index contributed by atoms with van der Waals surface area (Å²) in [6.45, 7) is -0.284. The number of para-hydroxylation sites is 8. The Balaban J connectivity index is 0.983. The summed E-state index contributed by atoms with van der Waals surface area (Å²) in [4.78, 5) is 10.1. The molecule has 6 nitrogen and oxygen atoms in total. The van der Waals surface area contributed by atoms with Crippen LogP contribution < -0.4 is 61.9 Å². The van der Waals surface area contributed by atoms with Crippen LogP contribution in [0.25, 0.3) is 21.5 Å². The first kappa shape index (κ1) is 46.2. The first-order chi connectivity index (χ1) is 40.7. The molecule has 0 unspecified atom stereocenters. The Labute approximate surface area is 476 Å². The highest BCUT2D eigenvalue weighted by Gasteiger charge is 2.49. The zero-order valence-corrected chi connectivity index (χ0v) is 44.5. The third-order valence-corrected chi connectivity index (χ3v) is 17.0. The molecule has 0 amide bonds. The fourth-order valence-corrected chi connectivity index (χ4v) is 13.7. The van der Waals surface area contributed by atoms with E-state index in [0.717, 1.165) is 101 Å². The summed E-state index contributed by atoms with van der Waals surface area (Å²) in [6, 6.07) is 105. The number of rotatable bonds is 8. The third-order valence-electron chi connectivity index (χ3n) is 17.0. The van der Waals surface area contributed by atoms with E-state index < -0.39 is 0 Å². The van der Waals surface area contributed by atoms with E-state index in [2.05, 4.69) is 250 Å². The minimum atomic E-state index is -0.142. The van der Waals surface area contributed by atoms with Crippen molar-refractivity contribution in [3.8, 4) is 23.0 Å². The van der Waals surface area contributed by atoms with E-state index in [0.29, 0.717) is 0 Å². The van der Waals surface area contributed by atoms with Gasteiger partial charge in [-0.15, -0.1) is 0 Å². The van der Waals surface area contributed by atoms with Crippen molar-refractivity contribution in [2.24, 2.45) is 0 Å². The fourth-order valence-electron chi connectivity index (χ4n) is 13.7. The van der Waals surface area contributed by atoms with Gasteiger partial charge in [0, 0.05) is 67.6 Å². The van der Waals surface area contributed by atoms with Crippen molar-refractivity contribution >= 4 is 136 Å². The van der Waals surface area contributed by atoms with Crippen LogP contribution in [0.3, 0.4) is 0 Å². The van der Waals surface area contributed by atoms with Crippen LogP contribution in [0.2, 0.25) is 0 Å². The van der Waals surface area contributed by atoms with Gasteiger partial charge in [-0.2, -0.15) is 0 Å². The number of ether oxygens (including phenoxy) is 2. The lowest BCUT2D eigenvalue weighted by Crippen LogP contribution is -2.65. The highest BCUT2D eigenvalue weighted by molar-refractivity contribution is 7.03. The lowest BCUT2D eigenvalue weighted by Gasteiger charge is -2.47. The number of fused-ring (bicyclic) bond motifs is 12. The van der Waals surface area contributed by atoms with Crippen molar-refractivity contribution < 1.29 is 9.47 Å². The molecular formula is C74H48B2N4O2. The Morgan fingerprint density at radius 3 is 0.963 bits per heavy atom. The van der Waals surface area contributed by atoms with Crippen molar-refractivity contribution in [2.75, 3.05) is 19.6 Å². The monoisotopic (exact) mass is 1050 g/mol. The van der Waals surface area contributed by atoms with Gasteiger partial charge in [0.15, 0.2) is 0 Å². The van der Waals surface area contributed by atoms with E-state index in [9.17, 15) is 0 Å². The molecule has 17 rings (SSSR count). The van der Waals surface area contributed by atoms with E-state index in [1.165, 1.54) is 44.2 Å². The maximum absolute atomic E-state index is 6.63. The molecule has 8 heteroatoms.